The number of hydrogen-bond donors (Lipinski definition) is 1. The zero-order valence-corrected chi connectivity index (χ0v) is 25.5. The first-order valence-electron chi connectivity index (χ1n) is 14.4. The van der Waals surface area contributed by atoms with E-state index < -0.39 is 12.1 Å². The van der Waals surface area contributed by atoms with Crippen molar-refractivity contribution in [2.24, 2.45) is 11.3 Å². The number of carbonyl (C=O) groups is 1. The maximum atomic E-state index is 11.7. The second-order valence-corrected chi connectivity index (χ2v) is 12.3. The highest BCUT2D eigenvalue weighted by molar-refractivity contribution is 5.77. The summed E-state index contributed by atoms with van der Waals surface area (Å²) in [5.74, 6) is 0.0269. The number of ether oxygens (including phenoxy) is 1. The van der Waals surface area contributed by atoms with Gasteiger partial charge < -0.3 is 9.84 Å². The van der Waals surface area contributed by atoms with E-state index in [1.54, 1.807) is 12.1 Å². The van der Waals surface area contributed by atoms with Crippen LogP contribution in [-0.2, 0) is 21.4 Å². The second kappa shape index (κ2) is 12.5. The summed E-state index contributed by atoms with van der Waals surface area (Å²) in [7, 11) is 1.28. The highest BCUT2D eigenvalue weighted by Gasteiger charge is 2.31. The van der Waals surface area contributed by atoms with E-state index in [1.165, 1.54) is 41.3 Å². The summed E-state index contributed by atoms with van der Waals surface area (Å²) in [6.07, 6.45) is 3.13. The molecule has 0 aliphatic carbocycles. The number of carbonyl (C=O) groups excluding carboxylic acids is 1. The molecule has 1 N–H and O–H groups in total. The van der Waals surface area contributed by atoms with Crippen LogP contribution in [0.15, 0.2) is 60.7 Å². The van der Waals surface area contributed by atoms with E-state index in [0.29, 0.717) is 16.9 Å². The summed E-state index contributed by atoms with van der Waals surface area (Å²) in [4.78, 5) is 11.7. The lowest BCUT2D eigenvalue weighted by atomic mass is 9.69. The van der Waals surface area contributed by atoms with Crippen LogP contribution in [-0.4, -0.2) is 18.2 Å². The molecule has 3 aromatic carbocycles. The van der Waals surface area contributed by atoms with Crippen LogP contribution >= 0.6 is 0 Å². The lowest BCUT2D eigenvalue weighted by Gasteiger charge is -2.34. The van der Waals surface area contributed by atoms with Crippen molar-refractivity contribution in [2.45, 2.75) is 92.6 Å². The van der Waals surface area contributed by atoms with Crippen molar-refractivity contribution < 1.29 is 14.6 Å². The fourth-order valence-corrected chi connectivity index (χ4v) is 5.69. The van der Waals surface area contributed by atoms with Crippen molar-refractivity contribution in [1.29, 1.82) is 0 Å². The molecule has 0 heterocycles. The van der Waals surface area contributed by atoms with Gasteiger partial charge in [-0.2, -0.15) is 0 Å². The van der Waals surface area contributed by atoms with E-state index in [2.05, 4.69) is 96.5 Å². The molecular formula is C36H48O3. The number of aliphatic hydroxyl groups excluding tert-OH is 1. The minimum Gasteiger partial charge on any atom is -0.467 e. The Kier molecular flexibility index (Phi) is 9.83. The van der Waals surface area contributed by atoms with Gasteiger partial charge in [0.05, 0.1) is 7.11 Å². The van der Waals surface area contributed by atoms with Crippen LogP contribution in [0.25, 0.3) is 11.1 Å². The third-order valence-electron chi connectivity index (χ3n) is 9.17. The molecule has 2 atom stereocenters. The van der Waals surface area contributed by atoms with Crippen LogP contribution in [0.1, 0.15) is 100 Å². The number of aryl methyl sites for hydroxylation is 3. The van der Waals surface area contributed by atoms with Crippen molar-refractivity contribution in [3.8, 4) is 11.1 Å². The smallest absolute Gasteiger partial charge is 0.339 e. The standard InChI is InChI=1S/C36H48O3/c1-10-36(11-2,30-19-18-27(24(3)22-30)13-12-26(5)35(6,7)8)31-20-21-32(25(4)23-31)28-14-16-29(17-15-28)33(37)34(38)39-9/h14-23,26,33,37H,10-13H2,1-9H3. The molecule has 3 aromatic rings. The van der Waals surface area contributed by atoms with Gasteiger partial charge in [-0.15, -0.1) is 0 Å². The topological polar surface area (TPSA) is 46.5 Å². The molecule has 3 heteroatoms. The number of esters is 1. The van der Waals surface area contributed by atoms with Gasteiger partial charge in [-0.1, -0.05) is 102 Å². The Labute approximate surface area is 236 Å². The number of rotatable bonds is 10. The Morgan fingerprint density at radius 2 is 1.44 bits per heavy atom. The van der Waals surface area contributed by atoms with E-state index >= 15 is 0 Å². The van der Waals surface area contributed by atoms with E-state index in [9.17, 15) is 9.90 Å². The predicted octanol–water partition coefficient (Wildman–Crippen LogP) is 8.90. The van der Waals surface area contributed by atoms with Gasteiger partial charge in [0.25, 0.3) is 0 Å². The summed E-state index contributed by atoms with van der Waals surface area (Å²) in [6, 6.07) is 21.5. The van der Waals surface area contributed by atoms with Gasteiger partial charge in [0.2, 0.25) is 0 Å². The third kappa shape index (κ3) is 6.64. The molecule has 0 saturated heterocycles. The average molecular weight is 529 g/mol. The van der Waals surface area contributed by atoms with Crippen LogP contribution in [0, 0.1) is 25.2 Å². The summed E-state index contributed by atoms with van der Waals surface area (Å²) >= 11 is 0. The van der Waals surface area contributed by atoms with Crippen molar-refractivity contribution in [3.63, 3.8) is 0 Å². The molecule has 0 amide bonds. The van der Waals surface area contributed by atoms with Crippen molar-refractivity contribution in [3.05, 3.63) is 94.0 Å². The van der Waals surface area contributed by atoms with Crippen LogP contribution in [0.4, 0.5) is 0 Å². The minimum atomic E-state index is -1.26. The van der Waals surface area contributed by atoms with Crippen LogP contribution in [0.2, 0.25) is 0 Å². The molecule has 0 aliphatic rings. The van der Waals surface area contributed by atoms with Crippen molar-refractivity contribution in [2.75, 3.05) is 7.11 Å². The first kappa shape index (κ1) is 30.6. The Morgan fingerprint density at radius 3 is 1.92 bits per heavy atom. The van der Waals surface area contributed by atoms with E-state index in [-0.39, 0.29) is 5.41 Å². The lowest BCUT2D eigenvalue weighted by Crippen LogP contribution is -2.26. The number of benzene rings is 3. The minimum absolute atomic E-state index is 0.0419. The number of aliphatic hydroxyl groups is 1. The van der Waals surface area contributed by atoms with Crippen LogP contribution in [0.3, 0.4) is 0 Å². The Hall–Kier alpha value is -2.91. The largest absolute Gasteiger partial charge is 0.467 e. The highest BCUT2D eigenvalue weighted by Crippen LogP contribution is 2.41. The van der Waals surface area contributed by atoms with Crippen LogP contribution in [0.5, 0.6) is 0 Å². The fraction of sp³-hybridized carbons (Fsp3) is 0.472. The maximum absolute atomic E-state index is 11.7. The molecule has 0 spiro atoms. The number of methoxy groups -OCH3 is 1. The first-order valence-corrected chi connectivity index (χ1v) is 14.4. The molecule has 3 nitrogen and oxygen atoms in total. The SMILES string of the molecule is CCC(CC)(c1ccc(CCC(C)C(C)(C)C)c(C)c1)c1ccc(-c2ccc(C(O)C(=O)OC)cc2)c(C)c1. The second-order valence-electron chi connectivity index (χ2n) is 12.3. The van der Waals surface area contributed by atoms with Gasteiger partial charge in [0.1, 0.15) is 0 Å². The lowest BCUT2D eigenvalue weighted by molar-refractivity contribution is -0.150. The van der Waals surface area contributed by atoms with E-state index in [4.69, 9.17) is 0 Å². The molecule has 3 rings (SSSR count). The number of hydrogen-bond acceptors (Lipinski definition) is 3. The maximum Gasteiger partial charge on any atom is 0.339 e. The van der Waals surface area contributed by atoms with Gasteiger partial charge in [-0.25, -0.2) is 4.79 Å². The Balaban J connectivity index is 1.90. The molecule has 0 aliphatic heterocycles. The predicted molar refractivity (Wildman–Crippen MR) is 163 cm³/mol. The molecular weight excluding hydrogens is 480 g/mol. The quantitative estimate of drug-likeness (QED) is 0.267. The fourth-order valence-electron chi connectivity index (χ4n) is 5.69. The average Bonchev–Trinajstić information content (AvgIpc) is 2.92. The van der Waals surface area contributed by atoms with Gasteiger partial charge in [0, 0.05) is 5.41 Å². The zero-order chi connectivity index (χ0) is 29.0. The van der Waals surface area contributed by atoms with Gasteiger partial charge >= 0.3 is 5.97 Å². The molecule has 0 saturated carbocycles. The van der Waals surface area contributed by atoms with Gasteiger partial charge in [-0.05, 0) is 95.4 Å². The van der Waals surface area contributed by atoms with Gasteiger partial charge in [0.15, 0.2) is 6.10 Å². The molecule has 39 heavy (non-hydrogen) atoms. The monoisotopic (exact) mass is 528 g/mol. The van der Waals surface area contributed by atoms with Gasteiger partial charge in [-0.3, -0.25) is 0 Å². The van der Waals surface area contributed by atoms with E-state index in [0.717, 1.165) is 30.4 Å². The van der Waals surface area contributed by atoms with E-state index in [1.807, 2.05) is 12.1 Å². The molecule has 0 radical (unpaired) electrons. The molecule has 0 fully saturated rings. The summed E-state index contributed by atoms with van der Waals surface area (Å²) in [5, 5.41) is 10.1. The van der Waals surface area contributed by atoms with Crippen molar-refractivity contribution >= 4 is 5.97 Å². The molecule has 2 unspecified atom stereocenters. The zero-order valence-electron chi connectivity index (χ0n) is 25.5. The first-order chi connectivity index (χ1) is 18.4. The van der Waals surface area contributed by atoms with Crippen molar-refractivity contribution in [1.82, 2.24) is 0 Å². The normalized spacial score (nSPS) is 13.7. The van der Waals surface area contributed by atoms with Crippen LogP contribution < -0.4 is 0 Å². The summed E-state index contributed by atoms with van der Waals surface area (Å²) < 4.78 is 4.66. The summed E-state index contributed by atoms with van der Waals surface area (Å²) in [5.41, 5.74) is 9.84. The highest BCUT2D eigenvalue weighted by atomic mass is 16.5. The third-order valence-corrected chi connectivity index (χ3v) is 9.17. The summed E-state index contributed by atoms with van der Waals surface area (Å²) in [6.45, 7) is 18.4. The Morgan fingerprint density at radius 1 is 0.872 bits per heavy atom. The Bertz CT molecular complexity index is 1260. The molecule has 0 bridgehead atoms. The molecule has 0 aromatic heterocycles. The molecule has 210 valence electrons.